The molecule has 0 aromatic rings. The first kappa shape index (κ1) is 35.8. The Morgan fingerprint density at radius 1 is 0.944 bits per heavy atom. The molecule has 2 saturated carbocycles. The molecule has 0 aromatic heterocycles. The summed E-state index contributed by atoms with van der Waals surface area (Å²) in [5, 5.41) is 0. The summed E-state index contributed by atoms with van der Waals surface area (Å²) >= 11 is 1.75. The van der Waals surface area contributed by atoms with Crippen LogP contribution in [0.15, 0.2) is 23.3 Å². The second kappa shape index (κ2) is 18.2. The van der Waals surface area contributed by atoms with E-state index in [2.05, 4.69) is 74.5 Å². The monoisotopic (exact) mass is 521 g/mol. The van der Waals surface area contributed by atoms with E-state index in [0.717, 1.165) is 29.6 Å². The van der Waals surface area contributed by atoms with Crippen LogP contribution in [0.5, 0.6) is 0 Å². The fourth-order valence-corrected chi connectivity index (χ4v) is 7.45. The molecule has 1 heteroatoms. The molecule has 36 heavy (non-hydrogen) atoms. The van der Waals surface area contributed by atoms with Crippen molar-refractivity contribution in [1.29, 1.82) is 0 Å². The van der Waals surface area contributed by atoms with Gasteiger partial charge in [-0.3, -0.25) is 0 Å². The van der Waals surface area contributed by atoms with Gasteiger partial charge in [-0.1, -0.05) is 132 Å². The second-order valence-corrected chi connectivity index (χ2v) is 13.5. The summed E-state index contributed by atoms with van der Waals surface area (Å²) in [6.45, 7) is 25.8. The quantitative estimate of drug-likeness (QED) is 0.321. The van der Waals surface area contributed by atoms with Crippen LogP contribution in [0.25, 0.3) is 0 Å². The third-order valence-corrected chi connectivity index (χ3v) is 9.76. The van der Waals surface area contributed by atoms with Gasteiger partial charge in [0.25, 0.3) is 0 Å². The van der Waals surface area contributed by atoms with Crippen LogP contribution in [0.3, 0.4) is 0 Å². The summed E-state index contributed by atoms with van der Waals surface area (Å²) in [5.74, 6) is 4.18. The smallest absolute Gasteiger partial charge is 0.00503 e. The van der Waals surface area contributed by atoms with Crippen molar-refractivity contribution < 1.29 is 0 Å². The minimum absolute atomic E-state index is 0.442. The summed E-state index contributed by atoms with van der Waals surface area (Å²) in [4.78, 5) is 0. The number of hydrogen-bond acceptors (Lipinski definition) is 1. The normalized spacial score (nSPS) is 31.9. The molecule has 2 fully saturated rings. The van der Waals surface area contributed by atoms with Crippen LogP contribution in [-0.4, -0.2) is 12.5 Å². The van der Waals surface area contributed by atoms with Gasteiger partial charge in [0.15, 0.2) is 0 Å². The highest BCUT2D eigenvalue weighted by Crippen LogP contribution is 2.61. The average Bonchev–Trinajstić information content (AvgIpc) is 3.19. The molecule has 0 aliphatic heterocycles. The first-order valence-electron chi connectivity index (χ1n) is 15.9. The third-order valence-electron chi connectivity index (χ3n) is 9.76. The molecule has 0 saturated heterocycles. The number of rotatable bonds is 7. The molecule has 3 rings (SSSR count). The maximum Gasteiger partial charge on any atom is -0.00503 e. The Bertz CT molecular complexity index is 627. The highest BCUT2D eigenvalue weighted by molar-refractivity contribution is 7.97. The number of allylic oxidation sites excluding steroid dienone is 4. The van der Waals surface area contributed by atoms with E-state index < -0.39 is 0 Å². The average molecular weight is 521 g/mol. The molecule has 214 valence electrons. The molecule has 3 aliphatic carbocycles. The van der Waals surface area contributed by atoms with Gasteiger partial charge in [-0.15, -0.1) is 0 Å². The van der Waals surface area contributed by atoms with E-state index in [0.29, 0.717) is 10.8 Å². The van der Waals surface area contributed by atoms with Crippen molar-refractivity contribution in [3.05, 3.63) is 23.3 Å². The molecule has 0 radical (unpaired) electrons. The van der Waals surface area contributed by atoms with E-state index in [4.69, 9.17) is 0 Å². The van der Waals surface area contributed by atoms with E-state index in [-0.39, 0.29) is 0 Å². The first-order valence-corrected chi connectivity index (χ1v) is 17.5. The van der Waals surface area contributed by atoms with Gasteiger partial charge in [-0.05, 0) is 91.5 Å². The fourth-order valence-electron chi connectivity index (χ4n) is 7.45. The molecule has 3 aliphatic rings. The first-order chi connectivity index (χ1) is 17.1. The van der Waals surface area contributed by atoms with Gasteiger partial charge in [0.2, 0.25) is 0 Å². The van der Waals surface area contributed by atoms with E-state index in [1.807, 2.05) is 31.9 Å². The van der Waals surface area contributed by atoms with Crippen molar-refractivity contribution in [2.45, 2.75) is 147 Å². The van der Waals surface area contributed by atoms with Crippen LogP contribution in [0, 0.1) is 40.4 Å². The Morgan fingerprint density at radius 3 is 2.06 bits per heavy atom. The highest BCUT2D eigenvalue weighted by Gasteiger charge is 2.51. The zero-order valence-electron chi connectivity index (χ0n) is 27.2. The third kappa shape index (κ3) is 9.24. The van der Waals surface area contributed by atoms with Gasteiger partial charge in [-0.25, -0.2) is 0 Å². The van der Waals surface area contributed by atoms with Gasteiger partial charge in [0.05, 0.1) is 0 Å². The molecule has 0 amide bonds. The number of thioether (sulfide) groups is 1. The maximum absolute atomic E-state index is 2.66. The molecule has 0 aromatic carbocycles. The molecular weight excluding hydrogens is 452 g/mol. The van der Waals surface area contributed by atoms with Crippen LogP contribution in [0.2, 0.25) is 0 Å². The topological polar surface area (TPSA) is 0 Å². The standard InChI is InChI=1S/C28H48.C3H8.C2H6S.C2H6/c1-8-27(6)25(21(4)13-11-12-20(2)3)17-18-26(27)24-16-15-23-14-9-10-19-28(23,7)22(24)5;2*1-3-2;1-2/h15-16,20-22,25-26H,8-14,17-19H2,1-7H3;3H2,1-2H3;1-2H3;1-2H3. The molecule has 0 spiro atoms. The molecule has 6 atom stereocenters. The zero-order valence-corrected chi connectivity index (χ0v) is 28.0. The summed E-state index contributed by atoms with van der Waals surface area (Å²) in [6, 6.07) is 0. The van der Waals surface area contributed by atoms with Gasteiger partial charge < -0.3 is 0 Å². The predicted octanol–water partition coefficient (Wildman–Crippen LogP) is 12.4. The van der Waals surface area contributed by atoms with E-state index in [1.165, 1.54) is 70.6 Å². The van der Waals surface area contributed by atoms with Crippen molar-refractivity contribution in [2.24, 2.45) is 40.4 Å². The van der Waals surface area contributed by atoms with E-state index in [9.17, 15) is 0 Å². The Kier molecular flexibility index (Phi) is 18.1. The Hall–Kier alpha value is -0.170. The van der Waals surface area contributed by atoms with Crippen LogP contribution < -0.4 is 0 Å². The molecular formula is C35H68S. The van der Waals surface area contributed by atoms with Crippen molar-refractivity contribution >= 4 is 11.8 Å². The number of fused-ring (bicyclic) bond motifs is 1. The van der Waals surface area contributed by atoms with Crippen LogP contribution in [0.1, 0.15) is 147 Å². The Labute approximate surface area is 234 Å². The molecule has 0 bridgehead atoms. The molecule has 0 N–H and O–H groups in total. The summed E-state index contributed by atoms with van der Waals surface area (Å²) in [7, 11) is 0. The lowest BCUT2D eigenvalue weighted by Gasteiger charge is -2.49. The Morgan fingerprint density at radius 2 is 1.53 bits per heavy atom. The molecule has 6 unspecified atom stereocenters. The molecule has 0 nitrogen and oxygen atoms in total. The van der Waals surface area contributed by atoms with Crippen LogP contribution in [-0.2, 0) is 0 Å². The lowest BCUT2D eigenvalue weighted by molar-refractivity contribution is 0.103. The second-order valence-electron chi connectivity index (χ2n) is 12.7. The van der Waals surface area contributed by atoms with Gasteiger partial charge >= 0.3 is 0 Å². The SMILES string of the molecule is CC.CCC.CCC1(C)C(C2=CC=C3CCCCC3(C)C2C)CCC1C(C)CCCC(C)C.CSC. The van der Waals surface area contributed by atoms with Gasteiger partial charge in [-0.2, -0.15) is 11.8 Å². The minimum Gasteiger partial charge on any atom is -0.169 e. The molecule has 0 heterocycles. The van der Waals surface area contributed by atoms with Crippen LogP contribution >= 0.6 is 11.8 Å². The Balaban J connectivity index is 0.00000137. The highest BCUT2D eigenvalue weighted by atomic mass is 32.2. The van der Waals surface area contributed by atoms with Crippen molar-refractivity contribution in [2.75, 3.05) is 12.5 Å². The van der Waals surface area contributed by atoms with Crippen molar-refractivity contribution in [1.82, 2.24) is 0 Å². The van der Waals surface area contributed by atoms with Gasteiger partial charge in [0, 0.05) is 0 Å². The van der Waals surface area contributed by atoms with Crippen molar-refractivity contribution in [3.63, 3.8) is 0 Å². The lowest BCUT2D eigenvalue weighted by Crippen LogP contribution is -2.39. The predicted molar refractivity (Wildman–Crippen MR) is 171 cm³/mol. The summed E-state index contributed by atoms with van der Waals surface area (Å²) in [5.41, 5.74) is 4.50. The lowest BCUT2D eigenvalue weighted by atomic mass is 9.56. The number of hydrogen-bond donors (Lipinski definition) is 0. The summed E-state index contributed by atoms with van der Waals surface area (Å²) < 4.78 is 0. The summed E-state index contributed by atoms with van der Waals surface area (Å²) in [6.07, 6.45) is 24.5. The van der Waals surface area contributed by atoms with E-state index in [1.54, 1.807) is 17.3 Å². The zero-order chi connectivity index (χ0) is 27.9. The minimum atomic E-state index is 0.442. The van der Waals surface area contributed by atoms with Gasteiger partial charge in [0.1, 0.15) is 0 Å². The largest absolute Gasteiger partial charge is 0.169 e. The van der Waals surface area contributed by atoms with Crippen molar-refractivity contribution in [3.8, 4) is 0 Å². The maximum atomic E-state index is 2.66. The van der Waals surface area contributed by atoms with E-state index >= 15 is 0 Å². The van der Waals surface area contributed by atoms with Crippen LogP contribution in [0.4, 0.5) is 0 Å². The fraction of sp³-hybridized carbons (Fsp3) is 0.886.